The van der Waals surface area contributed by atoms with Gasteiger partial charge in [0.15, 0.2) is 23.0 Å². The van der Waals surface area contributed by atoms with Crippen LogP contribution in [0.25, 0.3) is 12.2 Å². The number of aliphatic hydroxyl groups is 1. The summed E-state index contributed by atoms with van der Waals surface area (Å²) in [5, 5.41) is 67.7. The van der Waals surface area contributed by atoms with Crippen LogP contribution in [0.4, 0.5) is 0 Å². The van der Waals surface area contributed by atoms with Gasteiger partial charge in [-0.05, 0) is 47.5 Å². The molecule has 43 heavy (non-hydrogen) atoms. The molecule has 2 aromatic rings. The molecule has 0 saturated heterocycles. The fraction of sp³-hybridized carbons (Fsp3) is 0.250. The molecule has 0 unspecified atom stereocenters. The number of carboxylic acids is 2. The van der Waals surface area contributed by atoms with Crippen molar-refractivity contribution in [2.24, 2.45) is 0 Å². The quantitative estimate of drug-likeness (QED) is 0.0659. The van der Waals surface area contributed by atoms with Crippen molar-refractivity contribution in [1.82, 2.24) is 0 Å². The summed E-state index contributed by atoms with van der Waals surface area (Å²) >= 11 is 0. The first-order chi connectivity index (χ1) is 20.2. The summed E-state index contributed by atoms with van der Waals surface area (Å²) in [6.07, 6.45) is -4.20. The maximum atomic E-state index is 12.5. The highest BCUT2D eigenvalue weighted by molar-refractivity contribution is 5.92. The first-order valence-corrected chi connectivity index (χ1v) is 12.4. The van der Waals surface area contributed by atoms with Gasteiger partial charge in [0, 0.05) is 25.0 Å². The maximum Gasteiger partial charge on any atom is 0.348 e. The van der Waals surface area contributed by atoms with Crippen LogP contribution >= 0.6 is 0 Å². The number of aliphatic carboxylic acids is 2. The number of benzene rings is 2. The number of hydrogen-bond acceptors (Lipinski definition) is 13. The van der Waals surface area contributed by atoms with E-state index in [2.05, 4.69) is 0 Å². The van der Waals surface area contributed by atoms with Gasteiger partial charge in [-0.3, -0.25) is 9.59 Å². The number of phenols is 4. The highest BCUT2D eigenvalue weighted by Crippen LogP contribution is 2.37. The number of esters is 3. The first-order valence-electron chi connectivity index (χ1n) is 12.4. The highest BCUT2D eigenvalue weighted by atomic mass is 16.6. The van der Waals surface area contributed by atoms with Gasteiger partial charge < -0.3 is 50.0 Å². The molecule has 7 N–H and O–H groups in total. The van der Waals surface area contributed by atoms with Crippen LogP contribution in [-0.2, 0) is 38.2 Å². The van der Waals surface area contributed by atoms with Crippen LogP contribution < -0.4 is 0 Å². The van der Waals surface area contributed by atoms with E-state index in [-0.39, 0.29) is 11.1 Å². The molecule has 228 valence electrons. The third-order valence-electron chi connectivity index (χ3n) is 6.18. The van der Waals surface area contributed by atoms with Crippen LogP contribution in [0.1, 0.15) is 30.4 Å². The highest BCUT2D eigenvalue weighted by Gasteiger charge is 2.56. The normalized spacial score (nSPS) is 21.7. The summed E-state index contributed by atoms with van der Waals surface area (Å²) < 4.78 is 15.4. The number of carboxylic acid groups (broad SMARTS) is 2. The minimum absolute atomic E-state index is 0.250. The average molecular weight is 603 g/mol. The van der Waals surface area contributed by atoms with Gasteiger partial charge in [-0.25, -0.2) is 14.4 Å². The molecule has 15 nitrogen and oxygen atoms in total. The van der Waals surface area contributed by atoms with Crippen LogP contribution in [0.3, 0.4) is 0 Å². The van der Waals surface area contributed by atoms with E-state index in [0.29, 0.717) is 0 Å². The average Bonchev–Trinajstić information content (AvgIpc) is 2.92. The van der Waals surface area contributed by atoms with E-state index < -0.39 is 96.0 Å². The second-order valence-electron chi connectivity index (χ2n) is 9.36. The van der Waals surface area contributed by atoms with E-state index in [0.717, 1.165) is 48.6 Å². The molecule has 1 aliphatic rings. The molecule has 0 amide bonds. The van der Waals surface area contributed by atoms with Gasteiger partial charge in [-0.1, -0.05) is 12.1 Å². The van der Waals surface area contributed by atoms with E-state index in [1.807, 2.05) is 0 Å². The van der Waals surface area contributed by atoms with E-state index in [1.54, 1.807) is 0 Å². The van der Waals surface area contributed by atoms with Gasteiger partial charge in [0.2, 0.25) is 5.60 Å². The molecule has 0 aromatic heterocycles. The number of carbonyl (C=O) groups is 5. The molecule has 0 spiro atoms. The van der Waals surface area contributed by atoms with Crippen molar-refractivity contribution in [1.29, 1.82) is 0 Å². The van der Waals surface area contributed by atoms with Crippen molar-refractivity contribution in [3.8, 4) is 23.0 Å². The second kappa shape index (κ2) is 13.4. The van der Waals surface area contributed by atoms with Gasteiger partial charge in [-0.2, -0.15) is 0 Å². The van der Waals surface area contributed by atoms with Crippen LogP contribution in [0.2, 0.25) is 0 Å². The standard InChI is InChI=1S/C28H26O15/c29-16-5-1-14(9-18(16)31)3-7-23(35)41-20-12-28(27(39)40,43-25(37)11-22(33)34)13-21(26(20)38)42-24(36)8-4-15-2-6-17(30)19(32)10-15/h1-10,20-21,26,29-32,38H,11-13H2,(H,33,34)(H,39,40)/b7-3+,8-4+/t20-,21-,26?,28?/m1/s1. The zero-order valence-corrected chi connectivity index (χ0v) is 22.0. The van der Waals surface area contributed by atoms with Crippen molar-refractivity contribution in [3.63, 3.8) is 0 Å². The molecule has 0 aliphatic heterocycles. The molecule has 2 atom stereocenters. The number of phenolic OH excluding ortho intramolecular Hbond substituents is 4. The largest absolute Gasteiger partial charge is 0.504 e. The Morgan fingerprint density at radius 1 is 0.744 bits per heavy atom. The summed E-state index contributed by atoms with van der Waals surface area (Å²) in [5.74, 6) is -8.93. The molecular weight excluding hydrogens is 576 g/mol. The number of aliphatic hydroxyl groups excluding tert-OH is 1. The molecule has 2 aromatic carbocycles. The molecule has 0 bridgehead atoms. The molecule has 1 fully saturated rings. The van der Waals surface area contributed by atoms with Gasteiger partial charge in [-0.15, -0.1) is 0 Å². The lowest BCUT2D eigenvalue weighted by Crippen LogP contribution is -2.59. The number of rotatable bonds is 10. The molecule has 3 rings (SSSR count). The minimum atomic E-state index is -2.58. The second-order valence-corrected chi connectivity index (χ2v) is 9.36. The lowest BCUT2D eigenvalue weighted by Gasteiger charge is -2.42. The van der Waals surface area contributed by atoms with Gasteiger partial charge >= 0.3 is 29.8 Å². The monoisotopic (exact) mass is 602 g/mol. The summed E-state index contributed by atoms with van der Waals surface area (Å²) in [5.41, 5.74) is -2.08. The zero-order valence-electron chi connectivity index (χ0n) is 22.0. The lowest BCUT2D eigenvalue weighted by atomic mass is 9.79. The molecule has 1 aliphatic carbocycles. The lowest BCUT2D eigenvalue weighted by molar-refractivity contribution is -0.214. The fourth-order valence-corrected chi connectivity index (χ4v) is 4.11. The zero-order chi connectivity index (χ0) is 31.9. The van der Waals surface area contributed by atoms with Gasteiger partial charge in [0.1, 0.15) is 24.7 Å². The van der Waals surface area contributed by atoms with Crippen molar-refractivity contribution < 1.29 is 73.9 Å². The predicted molar refractivity (Wildman–Crippen MR) is 141 cm³/mol. The minimum Gasteiger partial charge on any atom is -0.504 e. The van der Waals surface area contributed by atoms with E-state index in [1.165, 1.54) is 12.1 Å². The first kappa shape index (κ1) is 32.0. The summed E-state index contributed by atoms with van der Waals surface area (Å²) in [4.78, 5) is 60.5. The van der Waals surface area contributed by atoms with E-state index in [4.69, 9.17) is 19.3 Å². The van der Waals surface area contributed by atoms with Crippen molar-refractivity contribution in [3.05, 3.63) is 59.7 Å². The number of aromatic hydroxyl groups is 4. The fourth-order valence-electron chi connectivity index (χ4n) is 4.11. The summed E-state index contributed by atoms with van der Waals surface area (Å²) in [7, 11) is 0. The Labute approximate surface area is 242 Å². The Kier molecular flexibility index (Phi) is 9.95. The summed E-state index contributed by atoms with van der Waals surface area (Å²) in [6.45, 7) is 0. The smallest absolute Gasteiger partial charge is 0.348 e. The van der Waals surface area contributed by atoms with Crippen LogP contribution in [0.15, 0.2) is 48.6 Å². The predicted octanol–water partition coefficient (Wildman–Crippen LogP) is 1.06. The van der Waals surface area contributed by atoms with E-state index in [9.17, 15) is 54.6 Å². The van der Waals surface area contributed by atoms with Crippen LogP contribution in [0, 0.1) is 0 Å². The summed E-state index contributed by atoms with van der Waals surface area (Å²) in [6, 6.07) is 7.22. The Morgan fingerprint density at radius 2 is 1.19 bits per heavy atom. The molecule has 0 heterocycles. The van der Waals surface area contributed by atoms with Crippen molar-refractivity contribution in [2.75, 3.05) is 0 Å². The molecular formula is C28H26O15. The number of ether oxygens (including phenoxy) is 3. The maximum absolute atomic E-state index is 12.5. The molecule has 1 saturated carbocycles. The molecule has 0 radical (unpaired) electrons. The number of hydrogen-bond donors (Lipinski definition) is 7. The van der Waals surface area contributed by atoms with Crippen LogP contribution in [0.5, 0.6) is 23.0 Å². The van der Waals surface area contributed by atoms with Crippen molar-refractivity contribution >= 4 is 42.0 Å². The van der Waals surface area contributed by atoms with Crippen LogP contribution in [-0.4, -0.2) is 89.5 Å². The third-order valence-corrected chi connectivity index (χ3v) is 6.18. The third kappa shape index (κ3) is 8.46. The topological polar surface area (TPSA) is 255 Å². The Morgan fingerprint density at radius 3 is 1.56 bits per heavy atom. The van der Waals surface area contributed by atoms with E-state index >= 15 is 0 Å². The number of carbonyl (C=O) groups excluding carboxylic acids is 3. The SMILES string of the molecule is O=C(O)CC(=O)OC1(C(=O)O)C[C@@H](OC(=O)/C=C/c2ccc(O)c(O)c2)C(O)[C@H](OC(=O)/C=C/c2ccc(O)c(O)c2)C1. The van der Waals surface area contributed by atoms with Crippen molar-refractivity contribution in [2.45, 2.75) is 43.2 Å². The van der Waals surface area contributed by atoms with Gasteiger partial charge in [0.25, 0.3) is 0 Å². The Bertz CT molecular complexity index is 1390. The van der Waals surface area contributed by atoms with Gasteiger partial charge in [0.05, 0.1) is 0 Å². The molecule has 15 heteroatoms. The Balaban J connectivity index is 1.85. The Hall–Kier alpha value is -5.57.